The van der Waals surface area contributed by atoms with E-state index in [2.05, 4.69) is 0 Å². The molecule has 0 aromatic carbocycles. The van der Waals surface area contributed by atoms with Crippen LogP contribution in [0.25, 0.3) is 0 Å². The number of hydrogen-bond acceptors (Lipinski definition) is 44. The normalized spacial score (nSPS) is 27.3. The van der Waals surface area contributed by atoms with Crippen molar-refractivity contribution in [3.05, 3.63) is 0 Å². The molecule has 8 bridgehead atoms. The van der Waals surface area contributed by atoms with Crippen molar-refractivity contribution in [1.82, 2.24) is 0 Å². The van der Waals surface area contributed by atoms with Gasteiger partial charge in [-0.25, -0.2) is 0 Å². The van der Waals surface area contributed by atoms with E-state index in [1.807, 2.05) is 0 Å². The summed E-state index contributed by atoms with van der Waals surface area (Å²) in [6, 6.07) is 0. The van der Waals surface area contributed by atoms with E-state index in [4.69, 9.17) is 189 Å². The van der Waals surface area contributed by atoms with Gasteiger partial charge in [0.2, 0.25) is 0 Å². The second kappa shape index (κ2) is 45.9. The lowest BCUT2D eigenvalue weighted by atomic mass is 10.9. The monoisotopic (exact) mass is 1850 g/mol. The summed E-state index contributed by atoms with van der Waals surface area (Å²) in [5, 5.41) is 0. The Hall–Kier alpha value is 1.71. The molecule has 0 atom stereocenters. The van der Waals surface area contributed by atoms with Crippen LogP contribution in [-0.4, -0.2) is 303 Å². The number of hydrogen-bond donors (Lipinski definition) is 0. The van der Waals surface area contributed by atoms with Crippen LogP contribution < -0.4 is 0 Å². The van der Waals surface area contributed by atoms with E-state index in [0.717, 1.165) is 0 Å². The Labute approximate surface area is 654 Å². The molecule has 0 saturated carbocycles. The molecular weight excluding hydrogens is 1730 g/mol. The molecule has 6 rings (SSSR count). The van der Waals surface area contributed by atoms with Gasteiger partial charge in [-0.3, -0.25) is 0 Å². The highest BCUT2D eigenvalue weighted by Gasteiger charge is 2.96. The van der Waals surface area contributed by atoms with E-state index < -0.39 is 145 Å². The van der Waals surface area contributed by atoms with Crippen molar-refractivity contribution in [2.24, 2.45) is 0 Å². The van der Waals surface area contributed by atoms with Gasteiger partial charge in [0.25, 0.3) is 0 Å². The van der Waals surface area contributed by atoms with Crippen LogP contribution >= 0.6 is 0 Å². The van der Waals surface area contributed by atoms with Crippen molar-refractivity contribution in [1.29, 1.82) is 0 Å². The smallest absolute Gasteiger partial charge is 0.352 e. The molecule has 0 aliphatic carbocycles. The molecular formula is C48H120O44Si16. The molecule has 0 spiro atoms. The van der Waals surface area contributed by atoms with Crippen LogP contribution in [0.1, 0.15) is 166 Å². The Morgan fingerprint density at radius 3 is 0.222 bits per heavy atom. The Morgan fingerprint density at radius 1 is 0.120 bits per heavy atom. The third kappa shape index (κ3) is 25.9. The lowest BCUT2D eigenvalue weighted by molar-refractivity contribution is -0.163. The zero-order valence-corrected chi connectivity index (χ0v) is 82.9. The van der Waals surface area contributed by atoms with Gasteiger partial charge in [0.1, 0.15) is 0 Å². The Kier molecular flexibility index (Phi) is 42.6. The SMILES string of the molecule is CCO[Si](OCC)(OCC)O[Si]12O[Si]3(O[Si](OCC)(OCC)OCC)O[Si]4(O[Si](OCC)(OCC)OCC)O[Si](O[Si](OCC)(OCC)OCC)(O1)O[Si]1(O[Si](OCC)(OCC)OCC)O[Si](O[Si](OCC)(OCC)OCC)(O2)O[Si](O[Si](OCC)(OCC)OCC)(O3)O[Si](O[Si](OCC)(OCC)OCC)(O4)O1. The van der Waals surface area contributed by atoms with Gasteiger partial charge in [0, 0.05) is 159 Å². The quantitative estimate of drug-likeness (QED) is 0.0769. The van der Waals surface area contributed by atoms with Gasteiger partial charge in [0.15, 0.2) is 0 Å². The highest BCUT2D eigenvalue weighted by molar-refractivity contribution is 7.02. The average Bonchev–Trinajstić information content (AvgIpc) is 0.675. The van der Waals surface area contributed by atoms with E-state index in [0.29, 0.717) is 0 Å². The summed E-state index contributed by atoms with van der Waals surface area (Å²) in [4.78, 5) is 0. The van der Waals surface area contributed by atoms with E-state index in [9.17, 15) is 0 Å². The fourth-order valence-corrected chi connectivity index (χ4v) is 76.6. The van der Waals surface area contributed by atoms with Crippen LogP contribution in [0.15, 0.2) is 0 Å². The van der Waals surface area contributed by atoms with E-state index in [-0.39, 0.29) is 159 Å². The molecule has 6 saturated heterocycles. The highest BCUT2D eigenvalue weighted by Crippen LogP contribution is 2.54. The zero-order valence-electron chi connectivity index (χ0n) is 66.9. The maximum Gasteiger partial charge on any atom is 0.673 e. The molecule has 0 N–H and O–H groups in total. The number of rotatable bonds is 64. The first kappa shape index (κ1) is 100. The summed E-state index contributed by atoms with van der Waals surface area (Å²) in [5.74, 6) is 0. The molecule has 0 aromatic rings. The molecule has 6 heterocycles. The minimum atomic E-state index is -6.70. The predicted molar refractivity (Wildman–Crippen MR) is 393 cm³/mol. The predicted octanol–water partition coefficient (Wildman–Crippen LogP) is 4.23. The molecule has 0 aromatic heterocycles. The first-order valence-electron chi connectivity index (χ1n) is 37.0. The summed E-state index contributed by atoms with van der Waals surface area (Å²) in [6.07, 6.45) is 0. The second-order valence-corrected chi connectivity index (χ2v) is 59.7. The molecule has 0 radical (unpaired) electrons. The molecule has 0 unspecified atom stereocenters. The van der Waals surface area contributed by atoms with Crippen molar-refractivity contribution in [2.45, 2.75) is 166 Å². The molecule has 44 nitrogen and oxygen atoms in total. The van der Waals surface area contributed by atoms with Crippen LogP contribution in [0.4, 0.5) is 0 Å². The standard InChI is InChI=1S/C48H120O44Si16/c1-25-49-93(50-26-2,51-27-3)73-101-81-102(74-94(52-28-4,53-29-5)54-30-6)84-105(77-97(61-37-13,62-38-14)63-39-15)86-103(82-101,75-95(55-31-7,56-32-8)57-33-9)88-107(79-99(67-43-19,68-44-20)69-45-21)89-104(83-101,76-96(58-34-10,59-35-11)60-36-12)87-106(85-102,78-98(64-40-16,65-41-17)66-42-18)91-108(90-105,92-107)80-100(70-46-22,71-47-23)72-48-24/h25-48H2,1-24H3. The maximum absolute atomic E-state index is 7.82. The Bertz CT molecular complexity index is 1840. The molecule has 6 aliphatic rings. The van der Waals surface area contributed by atoms with Gasteiger partial charge >= 0.3 is 145 Å². The molecule has 640 valence electrons. The fourth-order valence-electron chi connectivity index (χ4n) is 10.0. The van der Waals surface area contributed by atoms with Gasteiger partial charge < -0.3 is 189 Å². The highest BCUT2D eigenvalue weighted by atomic mass is 28.7. The topological polar surface area (TPSA) is 406 Å². The largest absolute Gasteiger partial charge is 0.673 e. The van der Waals surface area contributed by atoms with Gasteiger partial charge in [-0.05, 0) is 166 Å². The van der Waals surface area contributed by atoms with E-state index in [1.54, 1.807) is 166 Å². The van der Waals surface area contributed by atoms with Crippen molar-refractivity contribution in [3.8, 4) is 0 Å². The third-order valence-corrected chi connectivity index (χ3v) is 68.1. The first-order valence-corrected chi connectivity index (χ1v) is 63.1. The van der Waals surface area contributed by atoms with E-state index in [1.165, 1.54) is 0 Å². The average molecular weight is 1850 g/mol. The van der Waals surface area contributed by atoms with Crippen LogP contribution in [0.5, 0.6) is 0 Å². The van der Waals surface area contributed by atoms with Crippen molar-refractivity contribution in [2.75, 3.05) is 159 Å². The van der Waals surface area contributed by atoms with Gasteiger partial charge in [-0.2, -0.15) is 0 Å². The van der Waals surface area contributed by atoms with Crippen molar-refractivity contribution < 1.29 is 189 Å². The van der Waals surface area contributed by atoms with Gasteiger partial charge in [0.05, 0.1) is 0 Å². The zero-order chi connectivity index (χ0) is 80.1. The second-order valence-electron chi connectivity index (χ2n) is 20.4. The summed E-state index contributed by atoms with van der Waals surface area (Å²) >= 11 is 0. The summed E-state index contributed by atoms with van der Waals surface area (Å²) in [6.45, 7) is 32.9. The van der Waals surface area contributed by atoms with Crippen molar-refractivity contribution in [3.63, 3.8) is 0 Å². The molecule has 60 heteroatoms. The molecule has 6 aliphatic heterocycles. The van der Waals surface area contributed by atoms with Crippen molar-refractivity contribution >= 4 is 145 Å². The summed E-state index contributed by atoms with van der Waals surface area (Å²) in [5.41, 5.74) is 0. The van der Waals surface area contributed by atoms with Crippen LogP contribution in [0.2, 0.25) is 0 Å². The first-order chi connectivity index (χ1) is 51.6. The Balaban J connectivity index is 2.53. The fraction of sp³-hybridized carbons (Fsp3) is 1.00. The van der Waals surface area contributed by atoms with Gasteiger partial charge in [-0.15, -0.1) is 0 Å². The molecule has 0 amide bonds. The third-order valence-electron chi connectivity index (χ3n) is 12.7. The van der Waals surface area contributed by atoms with E-state index >= 15 is 0 Å². The minimum Gasteiger partial charge on any atom is -0.352 e. The molecule has 6 fully saturated rings. The lowest BCUT2D eigenvalue weighted by Gasteiger charge is -2.59. The van der Waals surface area contributed by atoms with Crippen LogP contribution in [-0.2, 0) is 189 Å². The lowest BCUT2D eigenvalue weighted by Crippen LogP contribution is -2.94. The maximum atomic E-state index is 7.82. The molecule has 108 heavy (non-hydrogen) atoms. The van der Waals surface area contributed by atoms with Crippen LogP contribution in [0.3, 0.4) is 0 Å². The minimum absolute atomic E-state index is 0.243. The summed E-state index contributed by atoms with van der Waals surface area (Å²) in [7, 11) is -95.4. The summed E-state index contributed by atoms with van der Waals surface area (Å²) < 4.78 is 312. The Morgan fingerprint density at radius 2 is 0.176 bits per heavy atom. The van der Waals surface area contributed by atoms with Gasteiger partial charge in [-0.1, -0.05) is 0 Å². The van der Waals surface area contributed by atoms with Crippen LogP contribution in [0, 0.1) is 0 Å².